The molecule has 12 heteroatoms. The van der Waals surface area contributed by atoms with E-state index in [1.54, 1.807) is 30.5 Å². The predicted molar refractivity (Wildman–Crippen MR) is 153 cm³/mol. The molecule has 2 aliphatic heterocycles. The number of hydrogen-bond donors (Lipinski definition) is 2. The van der Waals surface area contributed by atoms with E-state index < -0.39 is 10.0 Å². The van der Waals surface area contributed by atoms with Crippen molar-refractivity contribution < 1.29 is 13.2 Å². The molecule has 0 atom stereocenters. The summed E-state index contributed by atoms with van der Waals surface area (Å²) in [4.78, 5) is 2.58. The third-order valence-electron chi connectivity index (χ3n) is 6.57. The monoisotopic (exact) mass is 553 g/mol. The molecule has 38 heavy (non-hydrogen) atoms. The van der Waals surface area contributed by atoms with Crippen LogP contribution in [-0.2, 0) is 14.8 Å². The molecule has 2 fully saturated rings. The second-order valence-electron chi connectivity index (χ2n) is 9.13. The van der Waals surface area contributed by atoms with E-state index in [0.29, 0.717) is 37.1 Å². The number of sulfonamides is 1. The topological polar surface area (TPSA) is 104 Å². The van der Waals surface area contributed by atoms with Gasteiger partial charge in [0.25, 0.3) is 0 Å². The molecule has 0 radical (unpaired) electrons. The van der Waals surface area contributed by atoms with E-state index in [1.807, 2.05) is 41.9 Å². The summed E-state index contributed by atoms with van der Waals surface area (Å²) in [6.45, 7) is 5.46. The van der Waals surface area contributed by atoms with Crippen LogP contribution >= 0.6 is 12.2 Å². The summed E-state index contributed by atoms with van der Waals surface area (Å²) in [6.07, 6.45) is 4.05. The third kappa shape index (κ3) is 5.73. The molecule has 1 aromatic heterocycles. The minimum absolute atomic E-state index is 0.238. The molecule has 2 saturated heterocycles. The second-order valence-corrected chi connectivity index (χ2v) is 11.5. The van der Waals surface area contributed by atoms with Crippen LogP contribution in [0.15, 0.2) is 64.6 Å². The third-order valence-corrected chi connectivity index (χ3v) is 8.67. The number of morpholine rings is 1. The van der Waals surface area contributed by atoms with Crippen molar-refractivity contribution in [3.63, 3.8) is 0 Å². The first-order valence-corrected chi connectivity index (χ1v) is 14.5. The van der Waals surface area contributed by atoms with Crippen molar-refractivity contribution in [3.8, 4) is 5.69 Å². The van der Waals surface area contributed by atoms with Crippen molar-refractivity contribution >= 4 is 45.1 Å². The summed E-state index contributed by atoms with van der Waals surface area (Å²) in [7, 11) is -3.54. The summed E-state index contributed by atoms with van der Waals surface area (Å²) in [6, 6.07) is 16.6. The van der Waals surface area contributed by atoms with E-state index in [0.717, 1.165) is 48.7 Å². The molecule has 2 N–H and O–H groups in total. The average molecular weight is 554 g/mol. The number of thiocarbonyl (C=S) groups is 1. The summed E-state index contributed by atoms with van der Waals surface area (Å²) in [5, 5.41) is 12.5. The van der Waals surface area contributed by atoms with Crippen molar-refractivity contribution in [1.29, 1.82) is 0 Å². The quantitative estimate of drug-likeness (QED) is 0.261. The van der Waals surface area contributed by atoms with Gasteiger partial charge in [0.2, 0.25) is 10.0 Å². The van der Waals surface area contributed by atoms with Gasteiger partial charge in [0.1, 0.15) is 5.82 Å². The molecular weight excluding hydrogens is 522 g/mol. The molecule has 2 aromatic carbocycles. The number of rotatable bonds is 7. The van der Waals surface area contributed by atoms with Crippen LogP contribution in [0.4, 0.5) is 11.5 Å². The van der Waals surface area contributed by atoms with Gasteiger partial charge in [-0.2, -0.15) is 14.5 Å². The fourth-order valence-electron chi connectivity index (χ4n) is 4.62. The lowest BCUT2D eigenvalue weighted by atomic mass is 10.2. The molecule has 0 saturated carbocycles. The minimum Gasteiger partial charge on any atom is -0.379 e. The Balaban J connectivity index is 1.26. The van der Waals surface area contributed by atoms with E-state index in [-0.39, 0.29) is 4.90 Å². The molecular formula is C26H31N7O3S2. The molecule has 200 valence electrons. The van der Waals surface area contributed by atoms with Gasteiger partial charge in [-0.15, -0.1) is 0 Å². The van der Waals surface area contributed by atoms with Crippen molar-refractivity contribution in [3.05, 3.63) is 65.9 Å². The number of benzene rings is 2. The number of hydrogen-bond acceptors (Lipinski definition) is 7. The first-order valence-electron chi connectivity index (χ1n) is 12.6. The molecule has 5 rings (SSSR count). The molecule has 3 aromatic rings. The molecule has 0 unspecified atom stereocenters. The van der Waals surface area contributed by atoms with Gasteiger partial charge in [0, 0.05) is 31.9 Å². The molecule has 0 bridgehead atoms. The Morgan fingerprint density at radius 2 is 1.71 bits per heavy atom. The first-order chi connectivity index (χ1) is 18.4. The van der Waals surface area contributed by atoms with E-state index in [4.69, 9.17) is 22.1 Å². The number of aromatic nitrogens is 2. The van der Waals surface area contributed by atoms with Gasteiger partial charge in [-0.05, 0) is 68.4 Å². The number of para-hydroxylation sites is 1. The van der Waals surface area contributed by atoms with Gasteiger partial charge < -0.3 is 15.0 Å². The molecule has 10 nitrogen and oxygen atoms in total. The average Bonchev–Trinajstić information content (AvgIpc) is 3.58. The van der Waals surface area contributed by atoms with Gasteiger partial charge >= 0.3 is 0 Å². The van der Waals surface area contributed by atoms with Crippen LogP contribution in [0.25, 0.3) is 5.69 Å². The lowest BCUT2D eigenvalue weighted by Gasteiger charge is -2.26. The van der Waals surface area contributed by atoms with Crippen LogP contribution in [0, 0.1) is 6.92 Å². The minimum atomic E-state index is -3.54. The van der Waals surface area contributed by atoms with E-state index in [9.17, 15) is 8.42 Å². The maximum Gasteiger partial charge on any atom is 0.243 e. The Morgan fingerprint density at radius 1 is 1.03 bits per heavy atom. The summed E-state index contributed by atoms with van der Waals surface area (Å²) >= 11 is 5.41. The van der Waals surface area contributed by atoms with Gasteiger partial charge in [0.05, 0.1) is 41.3 Å². The van der Waals surface area contributed by atoms with Crippen LogP contribution in [0.3, 0.4) is 0 Å². The number of nitrogens with zero attached hydrogens (tertiary/aromatic N) is 5. The SMILES string of the molecule is Cc1nn(-c2ccccc2)c(N2CCCC2)c1C=NNC(=S)Nc1ccc(S(=O)(=O)N2CCOCC2)cc1. The number of hydrazone groups is 1. The highest BCUT2D eigenvalue weighted by molar-refractivity contribution is 7.89. The Morgan fingerprint density at radius 3 is 2.39 bits per heavy atom. The lowest BCUT2D eigenvalue weighted by Crippen LogP contribution is -2.40. The molecule has 0 aliphatic carbocycles. The molecule has 3 heterocycles. The fraction of sp³-hybridized carbons (Fsp3) is 0.346. The van der Waals surface area contributed by atoms with Crippen LogP contribution < -0.4 is 15.6 Å². The van der Waals surface area contributed by atoms with Crippen molar-refractivity contribution in [2.45, 2.75) is 24.7 Å². The van der Waals surface area contributed by atoms with Gasteiger partial charge in [-0.1, -0.05) is 18.2 Å². The van der Waals surface area contributed by atoms with Crippen molar-refractivity contribution in [2.75, 3.05) is 49.6 Å². The van der Waals surface area contributed by atoms with Crippen molar-refractivity contribution in [2.24, 2.45) is 5.10 Å². The maximum absolute atomic E-state index is 12.8. The Bertz CT molecular complexity index is 1390. The normalized spacial score (nSPS) is 16.7. The Kier molecular flexibility index (Phi) is 8.03. The van der Waals surface area contributed by atoms with Gasteiger partial charge in [-0.25, -0.2) is 13.1 Å². The number of ether oxygens (including phenoxy) is 1. The lowest BCUT2D eigenvalue weighted by molar-refractivity contribution is 0.0730. The molecule has 0 spiro atoms. The zero-order valence-electron chi connectivity index (χ0n) is 21.2. The zero-order chi connectivity index (χ0) is 26.5. The van der Waals surface area contributed by atoms with E-state index >= 15 is 0 Å². The smallest absolute Gasteiger partial charge is 0.243 e. The maximum atomic E-state index is 12.8. The van der Waals surface area contributed by atoms with E-state index in [1.165, 1.54) is 4.31 Å². The Hall–Kier alpha value is -3.32. The summed E-state index contributed by atoms with van der Waals surface area (Å²) in [5.41, 5.74) is 6.33. The highest BCUT2D eigenvalue weighted by Crippen LogP contribution is 2.29. The second kappa shape index (κ2) is 11.6. The summed E-state index contributed by atoms with van der Waals surface area (Å²) < 4.78 is 34.3. The predicted octanol–water partition coefficient (Wildman–Crippen LogP) is 3.12. The largest absolute Gasteiger partial charge is 0.379 e. The van der Waals surface area contributed by atoms with Crippen molar-refractivity contribution in [1.82, 2.24) is 19.5 Å². The van der Waals surface area contributed by atoms with Crippen LogP contribution in [0.2, 0.25) is 0 Å². The molecule has 2 aliphatic rings. The summed E-state index contributed by atoms with van der Waals surface area (Å²) in [5.74, 6) is 1.02. The standard InChI is InChI=1S/C26H31N7O3S2/c1-20-24(25(31-13-5-6-14-31)33(30-20)22-7-3-2-4-8-22)19-27-29-26(37)28-21-9-11-23(12-10-21)38(34,35)32-15-17-36-18-16-32/h2-4,7-12,19H,5-6,13-18H2,1H3,(H2,28,29,37). The first kappa shape index (κ1) is 26.3. The zero-order valence-corrected chi connectivity index (χ0v) is 22.8. The van der Waals surface area contributed by atoms with E-state index in [2.05, 4.69) is 20.7 Å². The number of nitrogens with one attached hydrogen (secondary N) is 2. The number of aryl methyl sites for hydroxylation is 1. The van der Waals surface area contributed by atoms with Crippen LogP contribution in [0.5, 0.6) is 0 Å². The van der Waals surface area contributed by atoms with Crippen LogP contribution in [-0.4, -0.2) is 73.2 Å². The Labute approximate surface area is 228 Å². The highest BCUT2D eigenvalue weighted by atomic mass is 32.2. The van der Waals surface area contributed by atoms with Gasteiger partial charge in [-0.3, -0.25) is 5.43 Å². The fourth-order valence-corrected chi connectivity index (χ4v) is 6.20. The van der Waals surface area contributed by atoms with Crippen LogP contribution in [0.1, 0.15) is 24.1 Å². The highest BCUT2D eigenvalue weighted by Gasteiger charge is 2.26. The number of anilines is 2. The van der Waals surface area contributed by atoms with Gasteiger partial charge in [0.15, 0.2) is 5.11 Å². The molecule has 0 amide bonds.